The lowest BCUT2D eigenvalue weighted by atomic mass is 9.67. The van der Waals surface area contributed by atoms with Crippen molar-refractivity contribution in [2.24, 2.45) is 11.3 Å². The molecular weight excluding hydrogens is 288 g/mol. The topological polar surface area (TPSA) is 89.9 Å². The molecule has 0 aromatic carbocycles. The minimum atomic E-state index is -1.03. The highest BCUT2D eigenvalue weighted by Crippen LogP contribution is 2.42. The van der Waals surface area contributed by atoms with Crippen molar-refractivity contribution in [3.63, 3.8) is 0 Å². The van der Waals surface area contributed by atoms with Crippen LogP contribution in [-0.2, 0) is 23.9 Å². The molecule has 124 valence electrons. The van der Waals surface area contributed by atoms with Crippen molar-refractivity contribution in [2.75, 3.05) is 6.61 Å². The monoisotopic (exact) mass is 312 g/mol. The highest BCUT2D eigenvalue weighted by Gasteiger charge is 2.48. The summed E-state index contributed by atoms with van der Waals surface area (Å²) >= 11 is 0. The summed E-state index contributed by atoms with van der Waals surface area (Å²) in [5.41, 5.74) is -0.764. The van der Waals surface area contributed by atoms with Crippen molar-refractivity contribution in [1.82, 2.24) is 0 Å². The highest BCUT2D eigenvalue weighted by atomic mass is 16.6. The van der Waals surface area contributed by atoms with E-state index in [1.807, 2.05) is 0 Å². The summed E-state index contributed by atoms with van der Waals surface area (Å²) in [4.78, 5) is 35.0. The third-order valence-corrected chi connectivity index (χ3v) is 4.08. The molecule has 1 saturated carbocycles. The molecule has 0 aromatic rings. The van der Waals surface area contributed by atoms with Crippen molar-refractivity contribution in [3.8, 4) is 0 Å². The van der Waals surface area contributed by atoms with E-state index >= 15 is 0 Å². The van der Waals surface area contributed by atoms with Gasteiger partial charge in [0.1, 0.15) is 12.7 Å². The Kier molecular flexibility index (Phi) is 6.14. The number of carbonyl (C=O) groups is 3. The smallest absolute Gasteiger partial charge is 0.333 e. The van der Waals surface area contributed by atoms with Gasteiger partial charge in [0.15, 0.2) is 0 Å². The fourth-order valence-corrected chi connectivity index (χ4v) is 2.64. The molecule has 1 rings (SSSR count). The zero-order valence-electron chi connectivity index (χ0n) is 13.4. The molecule has 22 heavy (non-hydrogen) atoms. The quantitative estimate of drug-likeness (QED) is 0.598. The van der Waals surface area contributed by atoms with Crippen molar-refractivity contribution >= 4 is 17.9 Å². The summed E-state index contributed by atoms with van der Waals surface area (Å²) in [6, 6.07) is 0. The van der Waals surface area contributed by atoms with Gasteiger partial charge in [-0.1, -0.05) is 19.4 Å². The van der Waals surface area contributed by atoms with E-state index in [0.29, 0.717) is 12.8 Å². The second kappa shape index (κ2) is 7.42. The SMILES string of the molecule is C=C(C)C(=O)OCC(C)OC(=O)C1(C)CCCCC1C(=O)O. The molecule has 0 saturated heterocycles. The largest absolute Gasteiger partial charge is 0.481 e. The lowest BCUT2D eigenvalue weighted by Gasteiger charge is -2.37. The zero-order chi connectivity index (χ0) is 16.9. The number of hydrogen-bond acceptors (Lipinski definition) is 5. The van der Waals surface area contributed by atoms with E-state index in [4.69, 9.17) is 9.47 Å². The van der Waals surface area contributed by atoms with Crippen LogP contribution in [0.1, 0.15) is 46.5 Å². The predicted octanol–water partition coefficient (Wildman–Crippen LogP) is 2.32. The van der Waals surface area contributed by atoms with Gasteiger partial charge in [0.25, 0.3) is 0 Å². The van der Waals surface area contributed by atoms with Crippen LogP contribution in [0.3, 0.4) is 0 Å². The Labute approximate surface area is 130 Å². The van der Waals surface area contributed by atoms with Crippen LogP contribution in [0.25, 0.3) is 0 Å². The second-order valence-electron chi connectivity index (χ2n) is 6.15. The fraction of sp³-hybridized carbons (Fsp3) is 0.688. The van der Waals surface area contributed by atoms with Gasteiger partial charge in [0.2, 0.25) is 0 Å². The molecule has 1 fully saturated rings. The maximum Gasteiger partial charge on any atom is 0.333 e. The third kappa shape index (κ3) is 4.32. The Hall–Kier alpha value is -1.85. The normalized spacial score (nSPS) is 25.9. The molecule has 1 aliphatic rings. The molecule has 0 heterocycles. The Morgan fingerprint density at radius 2 is 2.00 bits per heavy atom. The van der Waals surface area contributed by atoms with E-state index < -0.39 is 35.3 Å². The van der Waals surface area contributed by atoms with Crippen molar-refractivity contribution in [1.29, 1.82) is 0 Å². The van der Waals surface area contributed by atoms with E-state index in [1.165, 1.54) is 6.92 Å². The summed E-state index contributed by atoms with van der Waals surface area (Å²) in [6.07, 6.45) is 1.92. The number of rotatable bonds is 6. The van der Waals surface area contributed by atoms with Crippen LogP contribution in [0.4, 0.5) is 0 Å². The van der Waals surface area contributed by atoms with Crippen LogP contribution >= 0.6 is 0 Å². The Morgan fingerprint density at radius 1 is 1.36 bits per heavy atom. The Balaban J connectivity index is 2.63. The van der Waals surface area contributed by atoms with Gasteiger partial charge < -0.3 is 14.6 Å². The molecule has 0 spiro atoms. The van der Waals surface area contributed by atoms with Crippen molar-refractivity contribution in [3.05, 3.63) is 12.2 Å². The van der Waals surface area contributed by atoms with Crippen LogP contribution in [0.2, 0.25) is 0 Å². The lowest BCUT2D eigenvalue weighted by Crippen LogP contribution is -2.44. The van der Waals surface area contributed by atoms with Gasteiger partial charge in [0.05, 0.1) is 11.3 Å². The first-order valence-corrected chi connectivity index (χ1v) is 7.45. The number of hydrogen-bond donors (Lipinski definition) is 1. The predicted molar refractivity (Wildman–Crippen MR) is 79.0 cm³/mol. The molecule has 3 atom stereocenters. The van der Waals surface area contributed by atoms with Crippen molar-refractivity contribution in [2.45, 2.75) is 52.6 Å². The van der Waals surface area contributed by atoms with Gasteiger partial charge in [-0.3, -0.25) is 9.59 Å². The Bertz CT molecular complexity index is 469. The minimum Gasteiger partial charge on any atom is -0.481 e. The summed E-state index contributed by atoms with van der Waals surface area (Å²) in [6.45, 7) is 8.15. The number of carboxylic acid groups (broad SMARTS) is 1. The van der Waals surface area contributed by atoms with E-state index in [0.717, 1.165) is 12.8 Å². The molecule has 0 radical (unpaired) electrons. The van der Waals surface area contributed by atoms with Gasteiger partial charge in [-0.15, -0.1) is 0 Å². The van der Waals surface area contributed by atoms with Crippen molar-refractivity contribution < 1.29 is 29.0 Å². The third-order valence-electron chi connectivity index (χ3n) is 4.08. The molecule has 0 aromatic heterocycles. The van der Waals surface area contributed by atoms with Crippen LogP contribution in [0.15, 0.2) is 12.2 Å². The Morgan fingerprint density at radius 3 is 2.55 bits per heavy atom. The average Bonchev–Trinajstić information content (AvgIpc) is 2.44. The van der Waals surface area contributed by atoms with Gasteiger partial charge >= 0.3 is 17.9 Å². The number of ether oxygens (including phenoxy) is 2. The molecule has 0 aliphatic heterocycles. The number of aliphatic carboxylic acids is 1. The maximum atomic E-state index is 12.4. The molecule has 1 aliphatic carbocycles. The van der Waals surface area contributed by atoms with Gasteiger partial charge in [-0.25, -0.2) is 4.79 Å². The van der Waals surface area contributed by atoms with Crippen LogP contribution in [0, 0.1) is 11.3 Å². The average molecular weight is 312 g/mol. The van der Waals surface area contributed by atoms with Gasteiger partial charge in [-0.2, -0.15) is 0 Å². The number of carboxylic acids is 1. The van der Waals surface area contributed by atoms with Crippen LogP contribution in [-0.4, -0.2) is 35.7 Å². The molecule has 1 N–H and O–H groups in total. The molecule has 6 heteroatoms. The molecule has 0 bridgehead atoms. The lowest BCUT2D eigenvalue weighted by molar-refractivity contribution is -0.175. The maximum absolute atomic E-state index is 12.4. The zero-order valence-corrected chi connectivity index (χ0v) is 13.4. The van der Waals surface area contributed by atoms with Crippen LogP contribution in [0.5, 0.6) is 0 Å². The number of carbonyl (C=O) groups excluding carboxylic acids is 2. The fourth-order valence-electron chi connectivity index (χ4n) is 2.64. The second-order valence-corrected chi connectivity index (χ2v) is 6.15. The summed E-state index contributed by atoms with van der Waals surface area (Å²) in [5, 5.41) is 9.31. The molecule has 0 amide bonds. The molecular formula is C16H24O6. The van der Waals surface area contributed by atoms with E-state index in [-0.39, 0.29) is 12.2 Å². The summed E-state index contributed by atoms with van der Waals surface area (Å²) in [5.74, 6) is -2.80. The van der Waals surface area contributed by atoms with E-state index in [2.05, 4.69) is 6.58 Å². The van der Waals surface area contributed by atoms with Crippen LogP contribution < -0.4 is 0 Å². The van der Waals surface area contributed by atoms with Gasteiger partial charge in [-0.05, 0) is 33.6 Å². The molecule has 6 nitrogen and oxygen atoms in total. The first-order valence-electron chi connectivity index (χ1n) is 7.45. The number of esters is 2. The standard InChI is InChI=1S/C16H24O6/c1-10(2)14(19)21-9-11(3)22-15(20)16(4)8-6-5-7-12(16)13(17)18/h11-12H,1,5-9H2,2-4H3,(H,17,18). The first kappa shape index (κ1) is 18.2. The molecule has 3 unspecified atom stereocenters. The summed E-state index contributed by atoms with van der Waals surface area (Å²) < 4.78 is 10.2. The van der Waals surface area contributed by atoms with E-state index in [1.54, 1.807) is 13.8 Å². The van der Waals surface area contributed by atoms with Gasteiger partial charge in [0, 0.05) is 5.57 Å². The minimum absolute atomic E-state index is 0.0781. The first-order chi connectivity index (χ1) is 10.2. The highest BCUT2D eigenvalue weighted by molar-refractivity contribution is 5.87. The summed E-state index contributed by atoms with van der Waals surface area (Å²) in [7, 11) is 0. The van der Waals surface area contributed by atoms with E-state index in [9.17, 15) is 19.5 Å².